The highest BCUT2D eigenvalue weighted by atomic mass is 79.9. The molecule has 1 heterocycles. The van der Waals surface area contributed by atoms with E-state index < -0.39 is 10.1 Å². The van der Waals surface area contributed by atoms with Crippen LogP contribution >= 0.6 is 43.5 Å². The molecule has 2 bridgehead atoms. The second-order valence-electron chi connectivity index (χ2n) is 7.48. The Kier molecular flexibility index (Phi) is 3.20. The van der Waals surface area contributed by atoms with E-state index in [0.717, 1.165) is 12.8 Å². The van der Waals surface area contributed by atoms with Crippen molar-refractivity contribution in [1.82, 2.24) is 0 Å². The Morgan fingerprint density at radius 1 is 1.20 bits per heavy atom. The number of hydrogen-bond donors (Lipinski definition) is 1. The van der Waals surface area contributed by atoms with Gasteiger partial charge in [0.15, 0.2) is 0 Å². The third kappa shape index (κ3) is 1.58. The summed E-state index contributed by atoms with van der Waals surface area (Å²) in [5.74, 6) is 0. The minimum Gasteiger partial charge on any atom is -0.385 e. The fourth-order valence-corrected chi connectivity index (χ4v) is 6.21. The lowest BCUT2D eigenvalue weighted by atomic mass is 9.47. The number of fused-ring (bicyclic) bond motifs is 1. The third-order valence-corrected chi connectivity index (χ3v) is 9.55. The summed E-state index contributed by atoms with van der Waals surface area (Å²) in [6.45, 7) is 8.30. The molecule has 2 fully saturated rings. The van der Waals surface area contributed by atoms with Crippen molar-refractivity contribution in [3.8, 4) is 0 Å². The Morgan fingerprint density at radius 3 is 2.40 bits per heavy atom. The lowest BCUT2D eigenvalue weighted by molar-refractivity contribution is -0.132. The second-order valence-corrected chi connectivity index (χ2v) is 10.6. The Morgan fingerprint density at radius 2 is 1.80 bits per heavy atom. The van der Waals surface area contributed by atoms with Crippen molar-refractivity contribution in [2.45, 2.75) is 66.5 Å². The van der Waals surface area contributed by atoms with Gasteiger partial charge in [0.05, 0.1) is 16.6 Å². The molecule has 1 N–H and O–H groups in total. The smallest absolute Gasteiger partial charge is 0.147 e. The highest BCUT2D eigenvalue weighted by molar-refractivity contribution is 9.10. The Hall–Kier alpha value is 0.910. The Balaban J connectivity index is 2.21. The monoisotopic (exact) mass is 426 g/mol. The molecule has 2 aliphatic carbocycles. The average molecular weight is 429 g/mol. The van der Waals surface area contributed by atoms with Gasteiger partial charge in [0, 0.05) is 15.7 Å². The van der Waals surface area contributed by atoms with Crippen molar-refractivity contribution in [3.63, 3.8) is 0 Å². The van der Waals surface area contributed by atoms with Crippen LogP contribution in [0.3, 0.4) is 0 Å². The number of hydrogen-bond acceptors (Lipinski definition) is 2. The highest BCUT2D eigenvalue weighted by Gasteiger charge is 2.76. The van der Waals surface area contributed by atoms with Gasteiger partial charge in [-0.05, 0) is 48.7 Å². The molecule has 1 saturated carbocycles. The molecule has 0 radical (unpaired) electrons. The van der Waals surface area contributed by atoms with E-state index in [9.17, 15) is 5.11 Å². The fourth-order valence-electron chi connectivity index (χ4n) is 4.58. The van der Waals surface area contributed by atoms with Crippen LogP contribution in [0.4, 0.5) is 0 Å². The van der Waals surface area contributed by atoms with Crippen molar-refractivity contribution in [2.75, 3.05) is 0 Å². The maximum atomic E-state index is 11.1. The van der Waals surface area contributed by atoms with Gasteiger partial charge in [0.2, 0.25) is 0 Å². The molecule has 2 unspecified atom stereocenters. The van der Waals surface area contributed by atoms with Crippen molar-refractivity contribution in [2.24, 2.45) is 10.8 Å². The summed E-state index contributed by atoms with van der Waals surface area (Å²) in [5, 5.41) is 11.1. The summed E-state index contributed by atoms with van der Waals surface area (Å²) in [4.78, 5) is -0.216. The van der Waals surface area contributed by atoms with E-state index >= 15 is 0 Å². The molecule has 2 nitrogen and oxygen atoms in total. The van der Waals surface area contributed by atoms with E-state index in [1.165, 1.54) is 0 Å². The molecule has 1 saturated heterocycles. The van der Waals surface area contributed by atoms with E-state index in [0.29, 0.717) is 0 Å². The zero-order valence-electron chi connectivity index (χ0n) is 12.2. The van der Waals surface area contributed by atoms with Crippen molar-refractivity contribution >= 4 is 43.5 Å². The molecule has 1 spiro atoms. The van der Waals surface area contributed by atoms with Crippen LogP contribution in [-0.4, -0.2) is 31.0 Å². The van der Waals surface area contributed by atoms with E-state index in [-0.39, 0.29) is 26.6 Å². The van der Waals surface area contributed by atoms with Crippen molar-refractivity contribution < 1.29 is 9.84 Å². The maximum Gasteiger partial charge on any atom is 0.147 e. The van der Waals surface area contributed by atoms with Crippen LogP contribution in [0.1, 0.15) is 40.5 Å². The molecular formula is C15H21Br2ClO2. The zero-order chi connectivity index (χ0) is 15.2. The molecule has 3 rings (SSSR count). The zero-order valence-corrected chi connectivity index (χ0v) is 16.1. The molecule has 3 aliphatic rings. The first-order valence-electron chi connectivity index (χ1n) is 7.02. The summed E-state index contributed by atoms with van der Waals surface area (Å²) in [7, 11) is 0. The van der Waals surface area contributed by atoms with Gasteiger partial charge in [-0.25, -0.2) is 0 Å². The van der Waals surface area contributed by atoms with Crippen LogP contribution in [0, 0.1) is 10.8 Å². The van der Waals surface area contributed by atoms with Gasteiger partial charge < -0.3 is 9.84 Å². The normalized spacial score (nSPS) is 60.4. The number of halogens is 3. The van der Waals surface area contributed by atoms with Crippen LogP contribution < -0.4 is 0 Å². The largest absolute Gasteiger partial charge is 0.385 e. The molecule has 0 aromatic carbocycles. The lowest BCUT2D eigenvalue weighted by Gasteiger charge is -2.59. The topological polar surface area (TPSA) is 29.5 Å². The predicted octanol–water partition coefficient (Wildman–Crippen LogP) is 4.36. The van der Waals surface area contributed by atoms with Crippen molar-refractivity contribution in [3.05, 3.63) is 12.2 Å². The fraction of sp³-hybridized carbons (Fsp3) is 0.867. The van der Waals surface area contributed by atoms with Crippen molar-refractivity contribution in [1.29, 1.82) is 0 Å². The molecule has 0 aromatic rings. The molecular weight excluding hydrogens is 407 g/mol. The SMILES string of the molecule is CC1(Cl)CC2O[C@@]3(Br)C=C[C@@](C)(O)[C@]2(C[C@@H]1Br)C3(C)C. The predicted molar refractivity (Wildman–Crippen MR) is 88.7 cm³/mol. The Bertz CT molecular complexity index is 488. The summed E-state index contributed by atoms with van der Waals surface area (Å²) < 4.78 is 5.84. The summed E-state index contributed by atoms with van der Waals surface area (Å²) >= 11 is 14.2. The van der Waals surface area contributed by atoms with Crippen LogP contribution in [0.15, 0.2) is 12.2 Å². The van der Waals surface area contributed by atoms with Crippen LogP contribution in [0.25, 0.3) is 0 Å². The number of alkyl halides is 3. The van der Waals surface area contributed by atoms with Gasteiger partial charge in [0.25, 0.3) is 0 Å². The minimum atomic E-state index is -0.908. The third-order valence-electron chi connectivity index (χ3n) is 6.10. The van der Waals surface area contributed by atoms with E-state index in [1.807, 2.05) is 26.0 Å². The molecule has 6 atom stereocenters. The van der Waals surface area contributed by atoms with E-state index in [2.05, 4.69) is 45.7 Å². The summed E-state index contributed by atoms with van der Waals surface area (Å²) in [6.07, 6.45) is 5.29. The van der Waals surface area contributed by atoms with Gasteiger partial charge in [-0.3, -0.25) is 0 Å². The van der Waals surface area contributed by atoms with Crippen LogP contribution in [-0.2, 0) is 4.74 Å². The molecule has 0 aromatic heterocycles. The van der Waals surface area contributed by atoms with Gasteiger partial charge in [-0.15, -0.1) is 11.6 Å². The van der Waals surface area contributed by atoms with Gasteiger partial charge in [-0.2, -0.15) is 0 Å². The quantitative estimate of drug-likeness (QED) is 0.459. The van der Waals surface area contributed by atoms with E-state index in [4.69, 9.17) is 16.3 Å². The van der Waals surface area contributed by atoms with Gasteiger partial charge in [0.1, 0.15) is 4.51 Å². The van der Waals surface area contributed by atoms with Crippen LogP contribution in [0.5, 0.6) is 0 Å². The average Bonchev–Trinajstić information content (AvgIpc) is 2.37. The maximum absolute atomic E-state index is 11.1. The standard InChI is InChI=1S/C15H21Br2ClO2/c1-11(2)14-7-9(16)12(3,18)8-10(14)20-15(11,17)6-5-13(14,4)19/h5-6,9-10,19H,7-8H2,1-4H3/t9-,10?,12?,13+,14-,15-/m0/s1. The molecule has 114 valence electrons. The lowest BCUT2D eigenvalue weighted by Crippen LogP contribution is -2.65. The molecule has 1 aliphatic heterocycles. The van der Waals surface area contributed by atoms with Crippen LogP contribution in [0.2, 0.25) is 0 Å². The van der Waals surface area contributed by atoms with Gasteiger partial charge >= 0.3 is 0 Å². The first kappa shape index (κ1) is 15.8. The summed E-state index contributed by atoms with van der Waals surface area (Å²) in [6, 6.07) is 0. The molecule has 20 heavy (non-hydrogen) atoms. The summed E-state index contributed by atoms with van der Waals surface area (Å²) in [5.41, 5.74) is -1.50. The number of aliphatic hydroxyl groups is 1. The Labute approximate surface area is 142 Å². The molecule has 5 heteroatoms. The minimum absolute atomic E-state index is 0.0711. The first-order valence-corrected chi connectivity index (χ1v) is 9.11. The van der Waals surface area contributed by atoms with Gasteiger partial charge in [-0.1, -0.05) is 35.9 Å². The number of ether oxygens (including phenoxy) is 1. The molecule has 0 amide bonds. The van der Waals surface area contributed by atoms with E-state index in [1.54, 1.807) is 0 Å². The number of rotatable bonds is 0. The first-order chi connectivity index (χ1) is 8.90. The highest BCUT2D eigenvalue weighted by Crippen LogP contribution is 2.73. The second kappa shape index (κ2) is 4.05.